The largest absolute Gasteiger partial charge is 0.497 e. The summed E-state index contributed by atoms with van der Waals surface area (Å²) in [5.41, 5.74) is 1.27. The van der Waals surface area contributed by atoms with E-state index in [4.69, 9.17) is 9.15 Å². The Bertz CT molecular complexity index is 822. The highest BCUT2D eigenvalue weighted by Gasteiger charge is 2.11. The highest BCUT2D eigenvalue weighted by Crippen LogP contribution is 2.24. The van der Waals surface area contributed by atoms with Crippen molar-refractivity contribution >= 4 is 11.8 Å². The lowest BCUT2D eigenvalue weighted by Crippen LogP contribution is -1.91. The summed E-state index contributed by atoms with van der Waals surface area (Å²) in [6, 6.07) is 11.6. The van der Waals surface area contributed by atoms with Crippen LogP contribution < -0.4 is 4.74 Å². The molecule has 124 valence electrons. The fraction of sp³-hybridized carbons (Fsp3) is 0.176. The summed E-state index contributed by atoms with van der Waals surface area (Å²) >= 11 is 1.17. The smallest absolute Gasteiger partial charge is 0.276 e. The van der Waals surface area contributed by atoms with Gasteiger partial charge in [0, 0.05) is 11.3 Å². The van der Waals surface area contributed by atoms with Crippen LogP contribution >= 0.6 is 11.8 Å². The van der Waals surface area contributed by atoms with Crippen molar-refractivity contribution in [3.63, 3.8) is 0 Å². The fourth-order valence-electron chi connectivity index (χ4n) is 2.09. The molecule has 0 radical (unpaired) electrons. The lowest BCUT2D eigenvalue weighted by atomic mass is 10.1. The molecule has 0 saturated carbocycles. The summed E-state index contributed by atoms with van der Waals surface area (Å²) < 4.78 is 37.4. The minimum atomic E-state index is -0.862. The first-order chi connectivity index (χ1) is 11.7. The lowest BCUT2D eigenvalue weighted by Gasteiger charge is -2.01. The Kier molecular flexibility index (Phi) is 5.10. The summed E-state index contributed by atoms with van der Waals surface area (Å²) in [5, 5.41) is 8.21. The van der Waals surface area contributed by atoms with E-state index in [0.717, 1.165) is 17.4 Å². The van der Waals surface area contributed by atoms with Gasteiger partial charge >= 0.3 is 0 Å². The van der Waals surface area contributed by atoms with Crippen LogP contribution in [0.1, 0.15) is 17.0 Å². The Morgan fingerprint density at radius 1 is 1.08 bits per heavy atom. The van der Waals surface area contributed by atoms with E-state index in [1.807, 2.05) is 24.3 Å². The number of benzene rings is 2. The van der Waals surface area contributed by atoms with Gasteiger partial charge in [-0.15, -0.1) is 10.2 Å². The zero-order valence-electron chi connectivity index (χ0n) is 12.8. The van der Waals surface area contributed by atoms with E-state index >= 15 is 0 Å². The van der Waals surface area contributed by atoms with Crippen LogP contribution in [-0.4, -0.2) is 17.3 Å². The number of hydrogen-bond acceptors (Lipinski definition) is 5. The Hall–Kier alpha value is -2.41. The second-order valence-corrected chi connectivity index (χ2v) is 5.91. The van der Waals surface area contributed by atoms with E-state index in [1.165, 1.54) is 23.9 Å². The second kappa shape index (κ2) is 7.44. The average Bonchev–Trinajstić information content (AvgIpc) is 3.04. The summed E-state index contributed by atoms with van der Waals surface area (Å²) in [6.45, 7) is 0. The van der Waals surface area contributed by atoms with Crippen LogP contribution in [0.5, 0.6) is 5.75 Å². The first kappa shape index (κ1) is 16.4. The van der Waals surface area contributed by atoms with Crippen molar-refractivity contribution in [2.75, 3.05) is 7.11 Å². The van der Waals surface area contributed by atoms with E-state index in [1.54, 1.807) is 7.11 Å². The van der Waals surface area contributed by atoms with Crippen LogP contribution in [0.15, 0.2) is 52.1 Å². The van der Waals surface area contributed by atoms with Gasteiger partial charge < -0.3 is 9.15 Å². The van der Waals surface area contributed by atoms with Gasteiger partial charge in [0.05, 0.1) is 13.5 Å². The van der Waals surface area contributed by atoms with Crippen molar-refractivity contribution in [1.82, 2.24) is 10.2 Å². The van der Waals surface area contributed by atoms with Gasteiger partial charge in [0.15, 0.2) is 11.6 Å². The van der Waals surface area contributed by atoms with Crippen molar-refractivity contribution in [3.8, 4) is 5.75 Å². The second-order valence-electron chi connectivity index (χ2n) is 4.99. The van der Waals surface area contributed by atoms with Crippen LogP contribution in [0.25, 0.3) is 0 Å². The molecule has 4 nitrogen and oxygen atoms in total. The SMILES string of the molecule is COc1ccc(Cc2nnc(SCc3cccc(F)c3F)o2)cc1. The first-order valence-corrected chi connectivity index (χ1v) is 8.15. The molecule has 0 fully saturated rings. The maximum Gasteiger partial charge on any atom is 0.276 e. The topological polar surface area (TPSA) is 48.2 Å². The molecule has 1 aromatic heterocycles. The maximum absolute atomic E-state index is 13.6. The van der Waals surface area contributed by atoms with E-state index in [-0.39, 0.29) is 11.3 Å². The van der Waals surface area contributed by atoms with Crippen LogP contribution in [0.4, 0.5) is 8.78 Å². The van der Waals surface area contributed by atoms with Crippen molar-refractivity contribution < 1.29 is 17.9 Å². The molecule has 7 heteroatoms. The van der Waals surface area contributed by atoms with Crippen LogP contribution in [0.3, 0.4) is 0 Å². The molecule has 3 aromatic rings. The molecule has 0 unspecified atom stereocenters. The molecule has 0 aliphatic heterocycles. The van der Waals surface area contributed by atoms with E-state index in [2.05, 4.69) is 10.2 Å². The van der Waals surface area contributed by atoms with Gasteiger partial charge in [-0.3, -0.25) is 0 Å². The van der Waals surface area contributed by atoms with Gasteiger partial charge in [0.2, 0.25) is 5.89 Å². The molecule has 0 aliphatic carbocycles. The quantitative estimate of drug-likeness (QED) is 0.624. The van der Waals surface area contributed by atoms with Gasteiger partial charge in [-0.2, -0.15) is 0 Å². The van der Waals surface area contributed by atoms with E-state index < -0.39 is 11.6 Å². The van der Waals surface area contributed by atoms with E-state index in [9.17, 15) is 8.78 Å². The monoisotopic (exact) mass is 348 g/mol. The highest BCUT2D eigenvalue weighted by molar-refractivity contribution is 7.98. The number of halogens is 2. The summed E-state index contributed by atoms with van der Waals surface area (Å²) in [7, 11) is 1.61. The number of ether oxygens (including phenoxy) is 1. The number of aromatic nitrogens is 2. The molecular formula is C17H14F2N2O2S. The average molecular weight is 348 g/mol. The minimum Gasteiger partial charge on any atom is -0.497 e. The molecule has 24 heavy (non-hydrogen) atoms. The molecule has 0 saturated heterocycles. The standard InChI is InChI=1S/C17H14F2N2O2S/c1-22-13-7-5-11(6-8-13)9-15-20-21-17(23-15)24-10-12-3-2-4-14(18)16(12)19/h2-8H,9-10H2,1H3. The zero-order valence-corrected chi connectivity index (χ0v) is 13.6. The van der Waals surface area contributed by atoms with Crippen molar-refractivity contribution in [1.29, 1.82) is 0 Å². The summed E-state index contributed by atoms with van der Waals surface area (Å²) in [5.74, 6) is -0.255. The molecule has 1 heterocycles. The molecule has 0 N–H and O–H groups in total. The Morgan fingerprint density at radius 2 is 1.88 bits per heavy atom. The molecule has 3 rings (SSSR count). The molecule has 0 bridgehead atoms. The maximum atomic E-state index is 13.6. The first-order valence-electron chi connectivity index (χ1n) is 7.16. The van der Waals surface area contributed by atoms with Crippen molar-refractivity contribution in [3.05, 3.63) is 71.1 Å². The van der Waals surface area contributed by atoms with E-state index in [0.29, 0.717) is 17.5 Å². The third-order valence-corrected chi connectivity index (χ3v) is 4.21. The number of thioether (sulfide) groups is 1. The number of rotatable bonds is 6. The molecule has 0 spiro atoms. The normalized spacial score (nSPS) is 10.8. The number of methoxy groups -OCH3 is 1. The van der Waals surface area contributed by atoms with Crippen molar-refractivity contribution in [2.45, 2.75) is 17.4 Å². The summed E-state index contributed by atoms with van der Waals surface area (Å²) in [4.78, 5) is 0. The molecule has 0 atom stereocenters. The van der Waals surface area contributed by atoms with Crippen LogP contribution in [0, 0.1) is 11.6 Å². The predicted molar refractivity (Wildman–Crippen MR) is 86.0 cm³/mol. The Balaban J connectivity index is 1.61. The molecule has 0 amide bonds. The van der Waals surface area contributed by atoms with Gasteiger partial charge in [-0.1, -0.05) is 36.0 Å². The van der Waals surface area contributed by atoms with Gasteiger partial charge in [-0.05, 0) is 23.8 Å². The molecule has 2 aromatic carbocycles. The van der Waals surface area contributed by atoms with Gasteiger partial charge in [-0.25, -0.2) is 8.78 Å². The summed E-state index contributed by atoms with van der Waals surface area (Å²) in [6.07, 6.45) is 0.492. The third-order valence-electron chi connectivity index (χ3n) is 3.35. The number of nitrogens with zero attached hydrogens (tertiary/aromatic N) is 2. The fourth-order valence-corrected chi connectivity index (χ4v) is 2.84. The highest BCUT2D eigenvalue weighted by atomic mass is 32.2. The molecular weight excluding hydrogens is 334 g/mol. The van der Waals surface area contributed by atoms with Gasteiger partial charge in [0.25, 0.3) is 5.22 Å². The Morgan fingerprint density at radius 3 is 2.62 bits per heavy atom. The lowest BCUT2D eigenvalue weighted by molar-refractivity contribution is 0.413. The predicted octanol–water partition coefficient (Wildman–Crippen LogP) is 4.24. The third kappa shape index (κ3) is 3.91. The van der Waals surface area contributed by atoms with Crippen LogP contribution in [-0.2, 0) is 12.2 Å². The van der Waals surface area contributed by atoms with Crippen LogP contribution in [0.2, 0.25) is 0 Å². The minimum absolute atomic E-state index is 0.216. The number of hydrogen-bond donors (Lipinski definition) is 0. The van der Waals surface area contributed by atoms with Gasteiger partial charge in [0.1, 0.15) is 5.75 Å². The zero-order chi connectivity index (χ0) is 16.9. The van der Waals surface area contributed by atoms with Crippen molar-refractivity contribution in [2.24, 2.45) is 0 Å². The Labute approximate surface area is 141 Å². The molecule has 0 aliphatic rings.